The summed E-state index contributed by atoms with van der Waals surface area (Å²) >= 11 is 0. The molecule has 0 fully saturated rings. The van der Waals surface area contributed by atoms with E-state index in [4.69, 9.17) is 37.0 Å². The second kappa shape index (κ2) is 67.1. The maximum atomic E-state index is 13.1. The second-order valence-electron chi connectivity index (χ2n) is 28.3. The lowest BCUT2D eigenvalue weighted by Crippen LogP contribution is -2.30. The molecule has 0 heterocycles. The fourth-order valence-electron chi connectivity index (χ4n) is 11.2. The van der Waals surface area contributed by atoms with Gasteiger partial charge in [-0.25, -0.2) is 9.13 Å². The summed E-state index contributed by atoms with van der Waals surface area (Å²) < 4.78 is 68.4. The number of ether oxygens (including phenoxy) is 4. The number of unbranched alkanes of at least 4 members (excludes halogenated alkanes) is 37. The molecule has 0 radical (unpaired) electrons. The fraction of sp³-hybridized carbons (Fsp3) is 0.896. The lowest BCUT2D eigenvalue weighted by Gasteiger charge is -2.21. The topological polar surface area (TPSA) is 237 Å². The summed E-state index contributed by atoms with van der Waals surface area (Å²) in [6.45, 7) is 11.8. The van der Waals surface area contributed by atoms with Crippen molar-refractivity contribution in [1.29, 1.82) is 0 Å². The maximum Gasteiger partial charge on any atom is 0.472 e. The van der Waals surface area contributed by atoms with Crippen molar-refractivity contribution in [3.8, 4) is 0 Å². The monoisotopic (exact) mass is 1410 g/mol. The average Bonchev–Trinajstić information content (AvgIpc) is 1.84. The highest BCUT2D eigenvalue weighted by Crippen LogP contribution is 2.45. The van der Waals surface area contributed by atoms with Gasteiger partial charge in [-0.05, 0) is 69.1 Å². The first-order chi connectivity index (χ1) is 46.3. The molecule has 3 N–H and O–H groups in total. The molecule has 0 aliphatic heterocycles. The lowest BCUT2D eigenvalue weighted by atomic mass is 10.00. The summed E-state index contributed by atoms with van der Waals surface area (Å²) in [4.78, 5) is 72.7. The molecule has 0 aromatic heterocycles. The van der Waals surface area contributed by atoms with E-state index in [2.05, 4.69) is 72.8 Å². The normalized spacial score (nSPS) is 14.5. The molecule has 19 heteroatoms. The van der Waals surface area contributed by atoms with Crippen LogP contribution in [0.4, 0.5) is 0 Å². The summed E-state index contributed by atoms with van der Waals surface area (Å²) in [6.07, 6.45) is 56.6. The Morgan fingerprint density at radius 2 is 0.615 bits per heavy atom. The molecule has 566 valence electrons. The maximum absolute atomic E-state index is 13.1. The number of hydrogen-bond donors (Lipinski definition) is 3. The first-order valence-electron chi connectivity index (χ1n) is 39.2. The third kappa shape index (κ3) is 68.7. The van der Waals surface area contributed by atoms with Crippen LogP contribution in [0.5, 0.6) is 0 Å². The molecule has 17 nitrogen and oxygen atoms in total. The number of esters is 4. The van der Waals surface area contributed by atoms with Crippen molar-refractivity contribution in [2.24, 2.45) is 17.8 Å². The summed E-state index contributed by atoms with van der Waals surface area (Å²) in [6, 6.07) is 0. The highest BCUT2D eigenvalue weighted by Gasteiger charge is 2.30. The van der Waals surface area contributed by atoms with Crippen LogP contribution < -0.4 is 0 Å². The van der Waals surface area contributed by atoms with Crippen molar-refractivity contribution >= 4 is 39.5 Å². The van der Waals surface area contributed by atoms with E-state index >= 15 is 0 Å². The van der Waals surface area contributed by atoms with Gasteiger partial charge in [0.25, 0.3) is 0 Å². The van der Waals surface area contributed by atoms with Crippen LogP contribution in [0.2, 0.25) is 0 Å². The van der Waals surface area contributed by atoms with Crippen molar-refractivity contribution in [2.75, 3.05) is 39.6 Å². The van der Waals surface area contributed by atoms with Gasteiger partial charge < -0.3 is 33.8 Å². The standard InChI is InChI=1S/C77H146O17P2/c1-8-10-11-12-13-14-15-16-21-26-29-32-37-46-53-60-76(81)93-72(64-87-74(79)58-51-44-36-31-28-25-23-20-18-17-19-22-24-27-30-34-41-48-55-68(3)4)66-91-95(83,84)89-62-71(78)63-90-96(85,86)92-67-73(94-77(82)61-54-47-40-39-43-50-57-70(7)9-2)65-88-75(80)59-52-45-38-33-35-42-49-56-69(5)6/h14-16,21,68-73,78H,8-13,17-20,22-67H2,1-7H3,(H,83,84)(H,85,86)/b15-14-,21-16-/t70?,71?,72-,73-/m1/s1. The van der Waals surface area contributed by atoms with Crippen molar-refractivity contribution in [3.63, 3.8) is 0 Å². The van der Waals surface area contributed by atoms with Crippen LogP contribution in [-0.4, -0.2) is 96.7 Å². The van der Waals surface area contributed by atoms with Crippen molar-refractivity contribution < 1.29 is 80.2 Å². The number of carbonyl (C=O) groups is 4. The molecule has 0 bridgehead atoms. The second-order valence-corrected chi connectivity index (χ2v) is 31.2. The molecule has 0 aromatic rings. The van der Waals surface area contributed by atoms with E-state index in [9.17, 15) is 43.2 Å². The van der Waals surface area contributed by atoms with Crippen LogP contribution >= 0.6 is 15.6 Å². The highest BCUT2D eigenvalue weighted by molar-refractivity contribution is 7.47. The molecular formula is C77H146O17P2. The summed E-state index contributed by atoms with van der Waals surface area (Å²) in [5.74, 6) is 0.0906. The number of carbonyl (C=O) groups excluding carboxylic acids is 4. The van der Waals surface area contributed by atoms with E-state index in [0.717, 1.165) is 121 Å². The van der Waals surface area contributed by atoms with Crippen LogP contribution in [0.3, 0.4) is 0 Å². The quantitative estimate of drug-likeness (QED) is 0.0169. The molecule has 0 aliphatic rings. The molecule has 96 heavy (non-hydrogen) atoms. The van der Waals surface area contributed by atoms with Gasteiger partial charge in [-0.3, -0.25) is 37.3 Å². The zero-order chi connectivity index (χ0) is 70.9. The fourth-order valence-corrected chi connectivity index (χ4v) is 12.8. The molecule has 0 aliphatic carbocycles. The van der Waals surface area contributed by atoms with E-state index in [-0.39, 0.29) is 25.7 Å². The van der Waals surface area contributed by atoms with Gasteiger partial charge in [0.2, 0.25) is 0 Å². The number of phosphoric acid groups is 2. The van der Waals surface area contributed by atoms with Crippen molar-refractivity contribution in [2.45, 2.75) is 388 Å². The van der Waals surface area contributed by atoms with Crippen LogP contribution in [-0.2, 0) is 65.4 Å². The van der Waals surface area contributed by atoms with Gasteiger partial charge in [-0.15, -0.1) is 0 Å². The predicted molar refractivity (Wildman–Crippen MR) is 390 cm³/mol. The minimum atomic E-state index is -4.97. The Bertz CT molecular complexity index is 1970. The first kappa shape index (κ1) is 93.5. The van der Waals surface area contributed by atoms with Gasteiger partial charge in [0.15, 0.2) is 12.2 Å². The first-order valence-corrected chi connectivity index (χ1v) is 42.2. The highest BCUT2D eigenvalue weighted by atomic mass is 31.2. The van der Waals surface area contributed by atoms with Crippen LogP contribution in [0, 0.1) is 17.8 Å². The molecule has 4 unspecified atom stereocenters. The lowest BCUT2D eigenvalue weighted by molar-refractivity contribution is -0.161. The number of allylic oxidation sites excluding steroid dienone is 4. The molecular weight excluding hydrogens is 1260 g/mol. The van der Waals surface area contributed by atoms with E-state index < -0.39 is 97.5 Å². The number of phosphoric ester groups is 2. The SMILES string of the molecule is CCCCCC/C=C\C=C/CCCCCCCC(=O)O[C@H](COC(=O)CCCCCCCCCCCCCCCCCCCCC(C)C)COP(=O)(O)OCC(O)COP(=O)(O)OC[C@@H](COC(=O)CCCCCCCCCC(C)C)OC(=O)CCCCCCCCC(C)CC. The Morgan fingerprint density at radius 1 is 0.344 bits per heavy atom. The van der Waals surface area contributed by atoms with Gasteiger partial charge >= 0.3 is 39.5 Å². The number of rotatable bonds is 73. The van der Waals surface area contributed by atoms with Gasteiger partial charge in [0.1, 0.15) is 19.3 Å². The molecule has 0 amide bonds. The van der Waals surface area contributed by atoms with E-state index in [1.807, 2.05) is 0 Å². The third-order valence-corrected chi connectivity index (χ3v) is 19.5. The van der Waals surface area contributed by atoms with Gasteiger partial charge in [-0.2, -0.15) is 0 Å². The van der Waals surface area contributed by atoms with E-state index in [1.165, 1.54) is 161 Å². The van der Waals surface area contributed by atoms with Crippen LogP contribution in [0.15, 0.2) is 24.3 Å². The molecule has 6 atom stereocenters. The third-order valence-electron chi connectivity index (χ3n) is 17.6. The molecule has 0 spiro atoms. The van der Waals surface area contributed by atoms with E-state index in [0.29, 0.717) is 31.6 Å². The van der Waals surface area contributed by atoms with Crippen LogP contribution in [0.1, 0.15) is 370 Å². The Kier molecular flexibility index (Phi) is 65.3. The Morgan fingerprint density at radius 3 is 0.927 bits per heavy atom. The van der Waals surface area contributed by atoms with Crippen molar-refractivity contribution in [1.82, 2.24) is 0 Å². The predicted octanol–water partition coefficient (Wildman–Crippen LogP) is 22.1. The number of hydrogen-bond acceptors (Lipinski definition) is 15. The molecule has 0 saturated heterocycles. The molecule has 0 saturated carbocycles. The zero-order valence-corrected chi connectivity index (χ0v) is 64.1. The minimum absolute atomic E-state index is 0.0850. The Labute approximate surface area is 586 Å². The molecule has 0 rings (SSSR count). The summed E-state index contributed by atoms with van der Waals surface area (Å²) in [7, 11) is -9.92. The van der Waals surface area contributed by atoms with Crippen LogP contribution in [0.25, 0.3) is 0 Å². The largest absolute Gasteiger partial charge is 0.472 e. The number of aliphatic hydroxyl groups excluding tert-OH is 1. The Hall–Kier alpha value is -2.46. The summed E-state index contributed by atoms with van der Waals surface area (Å²) in [5, 5.41) is 10.6. The van der Waals surface area contributed by atoms with E-state index in [1.54, 1.807) is 0 Å². The smallest absolute Gasteiger partial charge is 0.462 e. The van der Waals surface area contributed by atoms with Crippen molar-refractivity contribution in [3.05, 3.63) is 24.3 Å². The molecule has 0 aromatic carbocycles. The minimum Gasteiger partial charge on any atom is -0.462 e. The van der Waals surface area contributed by atoms with Gasteiger partial charge in [-0.1, -0.05) is 317 Å². The van der Waals surface area contributed by atoms with Gasteiger partial charge in [0.05, 0.1) is 26.4 Å². The zero-order valence-electron chi connectivity index (χ0n) is 62.3. The number of aliphatic hydroxyl groups is 1. The summed E-state index contributed by atoms with van der Waals surface area (Å²) in [5.41, 5.74) is 0. The average molecular weight is 1410 g/mol. The van der Waals surface area contributed by atoms with Gasteiger partial charge in [0, 0.05) is 25.7 Å². The Balaban J connectivity index is 5.22.